The van der Waals surface area contributed by atoms with Gasteiger partial charge in [0.15, 0.2) is 11.5 Å². The zero-order chi connectivity index (χ0) is 15.8. The number of nitrogens with zero attached hydrogens (tertiary/aromatic N) is 1. The molecule has 22 heavy (non-hydrogen) atoms. The lowest BCUT2D eigenvalue weighted by atomic mass is 10.1. The normalized spacial score (nSPS) is 15.3. The van der Waals surface area contributed by atoms with Crippen molar-refractivity contribution in [1.29, 1.82) is 0 Å². The van der Waals surface area contributed by atoms with Crippen LogP contribution in [-0.2, 0) is 0 Å². The Morgan fingerprint density at radius 2 is 1.86 bits per heavy atom. The second kappa shape index (κ2) is 8.66. The summed E-state index contributed by atoms with van der Waals surface area (Å²) in [5.41, 5.74) is 0.682. The minimum Gasteiger partial charge on any atom is -0.493 e. The van der Waals surface area contributed by atoms with E-state index in [1.54, 1.807) is 13.2 Å². The molecule has 0 spiro atoms. The van der Waals surface area contributed by atoms with E-state index in [2.05, 4.69) is 6.92 Å². The lowest BCUT2D eigenvalue weighted by Gasteiger charge is -2.21. The molecule has 1 saturated heterocycles. The van der Waals surface area contributed by atoms with Crippen molar-refractivity contribution in [3.63, 3.8) is 0 Å². The molecule has 0 bridgehead atoms. The lowest BCUT2D eigenvalue weighted by molar-refractivity contribution is 0.0761. The van der Waals surface area contributed by atoms with Gasteiger partial charge in [-0.15, -0.1) is 0 Å². The van der Waals surface area contributed by atoms with Gasteiger partial charge >= 0.3 is 0 Å². The molecule has 0 unspecified atom stereocenters. The van der Waals surface area contributed by atoms with Gasteiger partial charge in [-0.25, -0.2) is 0 Å². The molecule has 2 rings (SSSR count). The number of ether oxygens (including phenoxy) is 2. The van der Waals surface area contributed by atoms with Crippen molar-refractivity contribution in [2.24, 2.45) is 0 Å². The van der Waals surface area contributed by atoms with E-state index in [0.717, 1.165) is 38.8 Å². The highest BCUT2D eigenvalue weighted by Crippen LogP contribution is 2.29. The summed E-state index contributed by atoms with van der Waals surface area (Å²) >= 11 is 0. The van der Waals surface area contributed by atoms with Crippen LogP contribution in [0, 0.1) is 0 Å². The van der Waals surface area contributed by atoms with Gasteiger partial charge in [0.25, 0.3) is 5.91 Å². The third-order valence-electron chi connectivity index (χ3n) is 4.06. The van der Waals surface area contributed by atoms with E-state index in [1.807, 2.05) is 17.0 Å². The summed E-state index contributed by atoms with van der Waals surface area (Å²) in [7, 11) is 1.61. The Balaban J connectivity index is 2.08. The van der Waals surface area contributed by atoms with Crippen LogP contribution in [0.25, 0.3) is 0 Å². The number of unbranched alkanes of at least 4 members (excludes halogenated alkanes) is 1. The van der Waals surface area contributed by atoms with Gasteiger partial charge < -0.3 is 14.4 Å². The molecule has 0 atom stereocenters. The van der Waals surface area contributed by atoms with Crippen LogP contribution >= 0.6 is 0 Å². The van der Waals surface area contributed by atoms with Crippen molar-refractivity contribution >= 4 is 5.91 Å². The van der Waals surface area contributed by atoms with Crippen molar-refractivity contribution < 1.29 is 14.3 Å². The van der Waals surface area contributed by atoms with Gasteiger partial charge in [-0.05, 0) is 37.5 Å². The van der Waals surface area contributed by atoms with Crippen LogP contribution < -0.4 is 9.47 Å². The van der Waals surface area contributed by atoms with Gasteiger partial charge in [-0.2, -0.15) is 0 Å². The van der Waals surface area contributed by atoms with E-state index in [4.69, 9.17) is 9.47 Å². The molecular weight excluding hydrogens is 278 g/mol. The molecule has 1 amide bonds. The van der Waals surface area contributed by atoms with E-state index >= 15 is 0 Å². The monoisotopic (exact) mass is 305 g/mol. The molecule has 1 aliphatic heterocycles. The maximum atomic E-state index is 12.6. The van der Waals surface area contributed by atoms with Crippen molar-refractivity contribution in [3.8, 4) is 11.5 Å². The number of carbonyl (C=O) groups excluding carboxylic acids is 1. The summed E-state index contributed by atoms with van der Waals surface area (Å²) in [4.78, 5) is 14.6. The fraction of sp³-hybridized carbons (Fsp3) is 0.611. The standard InChI is InChI=1S/C18H27NO3/c1-3-4-13-22-16-10-9-15(14-17(16)21-2)18(20)19-11-7-5-6-8-12-19/h9-10,14H,3-8,11-13H2,1-2H3. The van der Waals surface area contributed by atoms with Gasteiger partial charge in [0.1, 0.15) is 0 Å². The molecular formula is C18H27NO3. The van der Waals surface area contributed by atoms with Crippen molar-refractivity contribution in [2.45, 2.75) is 45.4 Å². The second-order valence-electron chi connectivity index (χ2n) is 5.77. The van der Waals surface area contributed by atoms with E-state index in [1.165, 1.54) is 12.8 Å². The van der Waals surface area contributed by atoms with Crippen LogP contribution in [0.3, 0.4) is 0 Å². The fourth-order valence-electron chi connectivity index (χ4n) is 2.70. The van der Waals surface area contributed by atoms with Gasteiger partial charge in [-0.1, -0.05) is 26.2 Å². The topological polar surface area (TPSA) is 38.8 Å². The number of hydrogen-bond acceptors (Lipinski definition) is 3. The Morgan fingerprint density at radius 1 is 1.14 bits per heavy atom. The minimum atomic E-state index is 0.0975. The maximum Gasteiger partial charge on any atom is 0.253 e. The van der Waals surface area contributed by atoms with Crippen LogP contribution in [0.5, 0.6) is 11.5 Å². The third-order valence-corrected chi connectivity index (χ3v) is 4.06. The molecule has 4 nitrogen and oxygen atoms in total. The highest BCUT2D eigenvalue weighted by atomic mass is 16.5. The van der Waals surface area contributed by atoms with Crippen LogP contribution in [0.1, 0.15) is 55.8 Å². The Kier molecular flexibility index (Phi) is 6.56. The molecule has 1 heterocycles. The van der Waals surface area contributed by atoms with Crippen molar-refractivity contribution in [3.05, 3.63) is 23.8 Å². The number of hydrogen-bond donors (Lipinski definition) is 0. The zero-order valence-electron chi connectivity index (χ0n) is 13.8. The Morgan fingerprint density at radius 3 is 2.50 bits per heavy atom. The lowest BCUT2D eigenvalue weighted by Crippen LogP contribution is -2.31. The Labute approximate surface area is 133 Å². The predicted octanol–water partition coefficient (Wildman–Crippen LogP) is 3.89. The minimum absolute atomic E-state index is 0.0975. The number of amides is 1. The molecule has 0 N–H and O–H groups in total. The summed E-state index contributed by atoms with van der Waals surface area (Å²) in [6.07, 6.45) is 6.74. The van der Waals surface area contributed by atoms with Crippen LogP contribution in [0.15, 0.2) is 18.2 Å². The molecule has 4 heteroatoms. The van der Waals surface area contributed by atoms with E-state index in [-0.39, 0.29) is 5.91 Å². The summed E-state index contributed by atoms with van der Waals surface area (Å²) in [6, 6.07) is 5.49. The second-order valence-corrected chi connectivity index (χ2v) is 5.77. The van der Waals surface area contributed by atoms with Crippen molar-refractivity contribution in [1.82, 2.24) is 4.90 Å². The third kappa shape index (κ3) is 4.39. The predicted molar refractivity (Wildman–Crippen MR) is 87.8 cm³/mol. The Hall–Kier alpha value is -1.71. The number of carbonyl (C=O) groups is 1. The van der Waals surface area contributed by atoms with Gasteiger partial charge in [0.05, 0.1) is 13.7 Å². The highest BCUT2D eigenvalue weighted by molar-refractivity contribution is 5.95. The summed E-state index contributed by atoms with van der Waals surface area (Å²) in [6.45, 7) is 4.52. The average molecular weight is 305 g/mol. The zero-order valence-corrected chi connectivity index (χ0v) is 13.8. The molecule has 0 aromatic heterocycles. The van der Waals surface area contributed by atoms with E-state index < -0.39 is 0 Å². The van der Waals surface area contributed by atoms with E-state index in [0.29, 0.717) is 23.7 Å². The van der Waals surface area contributed by atoms with Gasteiger partial charge in [0.2, 0.25) is 0 Å². The Bertz CT molecular complexity index is 479. The molecule has 1 aromatic rings. The summed E-state index contributed by atoms with van der Waals surface area (Å²) < 4.78 is 11.1. The summed E-state index contributed by atoms with van der Waals surface area (Å²) in [5.74, 6) is 1.44. The van der Waals surface area contributed by atoms with Crippen LogP contribution in [0.2, 0.25) is 0 Å². The largest absolute Gasteiger partial charge is 0.493 e. The van der Waals surface area contributed by atoms with Gasteiger partial charge in [0, 0.05) is 18.7 Å². The molecule has 0 aliphatic carbocycles. The first-order valence-corrected chi connectivity index (χ1v) is 8.36. The first kappa shape index (κ1) is 16.7. The average Bonchev–Trinajstić information content (AvgIpc) is 2.84. The first-order valence-electron chi connectivity index (χ1n) is 8.36. The molecule has 122 valence electrons. The first-order chi connectivity index (χ1) is 10.8. The quantitative estimate of drug-likeness (QED) is 0.748. The number of methoxy groups -OCH3 is 1. The summed E-state index contributed by atoms with van der Waals surface area (Å²) in [5, 5.41) is 0. The molecule has 0 radical (unpaired) electrons. The highest BCUT2D eigenvalue weighted by Gasteiger charge is 2.18. The van der Waals surface area contributed by atoms with Gasteiger partial charge in [-0.3, -0.25) is 4.79 Å². The molecule has 1 fully saturated rings. The molecule has 0 saturated carbocycles. The number of benzene rings is 1. The van der Waals surface area contributed by atoms with Crippen molar-refractivity contribution in [2.75, 3.05) is 26.8 Å². The SMILES string of the molecule is CCCCOc1ccc(C(=O)N2CCCCCC2)cc1OC. The smallest absolute Gasteiger partial charge is 0.253 e. The molecule has 1 aliphatic rings. The van der Waals surface area contributed by atoms with Crippen LogP contribution in [0.4, 0.5) is 0 Å². The van der Waals surface area contributed by atoms with E-state index in [9.17, 15) is 4.79 Å². The number of likely N-dealkylation sites (tertiary alicyclic amines) is 1. The van der Waals surface area contributed by atoms with Crippen LogP contribution in [-0.4, -0.2) is 37.6 Å². The number of rotatable bonds is 6. The fourth-order valence-corrected chi connectivity index (χ4v) is 2.70. The molecule has 1 aromatic carbocycles. The maximum absolute atomic E-state index is 12.6.